The Labute approximate surface area is 125 Å². The van der Waals surface area contributed by atoms with E-state index in [-0.39, 0.29) is 0 Å². The van der Waals surface area contributed by atoms with Crippen LogP contribution in [-0.2, 0) is 6.42 Å². The lowest BCUT2D eigenvalue weighted by Gasteiger charge is -2.19. The summed E-state index contributed by atoms with van der Waals surface area (Å²) >= 11 is 1.53. The molecule has 1 heterocycles. The van der Waals surface area contributed by atoms with Gasteiger partial charge in [0.2, 0.25) is 0 Å². The van der Waals surface area contributed by atoms with Gasteiger partial charge in [0.25, 0.3) is 0 Å². The molecule has 3 nitrogen and oxygen atoms in total. The van der Waals surface area contributed by atoms with E-state index >= 15 is 0 Å². The Hall–Kier alpha value is -1.26. The Morgan fingerprint density at radius 2 is 1.95 bits per heavy atom. The van der Waals surface area contributed by atoms with Crippen LogP contribution in [0.4, 0.5) is 0 Å². The highest BCUT2D eigenvalue weighted by Gasteiger charge is 2.20. The van der Waals surface area contributed by atoms with Gasteiger partial charge in [-0.05, 0) is 42.4 Å². The summed E-state index contributed by atoms with van der Waals surface area (Å²) in [6.45, 7) is 7.58. The van der Waals surface area contributed by atoms with Crippen LogP contribution in [0.3, 0.4) is 0 Å². The van der Waals surface area contributed by atoms with Crippen LogP contribution in [-0.4, -0.2) is 16.1 Å². The predicted molar refractivity (Wildman–Crippen MR) is 85.2 cm³/mol. The lowest BCUT2D eigenvalue weighted by atomic mass is 10.00. The fraction of sp³-hybridized carbons (Fsp3) is 0.500. The monoisotopic (exact) mass is 289 g/mol. The number of nitrogens with zero attached hydrogens (tertiary/aromatic N) is 2. The van der Waals surface area contributed by atoms with Crippen LogP contribution in [0.5, 0.6) is 0 Å². The molecule has 1 aromatic heterocycles. The number of hydrogen-bond acceptors (Lipinski definition) is 4. The highest BCUT2D eigenvalue weighted by molar-refractivity contribution is 7.05. The molecule has 2 rings (SSSR count). The van der Waals surface area contributed by atoms with E-state index in [0.717, 1.165) is 25.1 Å². The van der Waals surface area contributed by atoms with Gasteiger partial charge >= 0.3 is 0 Å². The second-order valence-corrected chi connectivity index (χ2v) is 6.16. The van der Waals surface area contributed by atoms with Crippen molar-refractivity contribution in [1.29, 1.82) is 0 Å². The van der Waals surface area contributed by atoms with E-state index in [1.807, 2.05) is 0 Å². The second kappa shape index (κ2) is 7.50. The molecule has 1 atom stereocenters. The van der Waals surface area contributed by atoms with Crippen LogP contribution in [0.25, 0.3) is 0 Å². The van der Waals surface area contributed by atoms with E-state index in [1.165, 1.54) is 22.0 Å². The molecule has 0 aliphatic heterocycles. The molecule has 0 aliphatic rings. The van der Waals surface area contributed by atoms with Crippen molar-refractivity contribution in [1.82, 2.24) is 14.9 Å². The number of benzene rings is 1. The standard InChI is InChI=1S/C16H23N3S/c1-4-10-17-14(11-13-8-6-5-7-9-13)16-15(12(2)3)18-19-20-16/h5-9,12,14,17H,4,10-11H2,1-3H3. The Kier molecular flexibility index (Phi) is 5.68. The van der Waals surface area contributed by atoms with Crippen molar-refractivity contribution in [2.45, 2.75) is 45.6 Å². The molecule has 20 heavy (non-hydrogen) atoms. The Morgan fingerprint density at radius 3 is 2.60 bits per heavy atom. The predicted octanol–water partition coefficient (Wildman–Crippen LogP) is 3.94. The van der Waals surface area contributed by atoms with E-state index in [0.29, 0.717) is 12.0 Å². The third-order valence-corrected chi connectivity index (χ3v) is 4.18. The van der Waals surface area contributed by atoms with Crippen molar-refractivity contribution in [2.24, 2.45) is 0 Å². The summed E-state index contributed by atoms with van der Waals surface area (Å²) in [5, 5.41) is 7.96. The first-order valence-electron chi connectivity index (χ1n) is 7.31. The highest BCUT2D eigenvalue weighted by atomic mass is 32.1. The SMILES string of the molecule is CCCNC(Cc1ccccc1)c1snnc1C(C)C. The van der Waals surface area contributed by atoms with Crippen LogP contribution >= 0.6 is 11.5 Å². The van der Waals surface area contributed by atoms with Crippen LogP contribution in [0.1, 0.15) is 55.3 Å². The molecule has 0 radical (unpaired) electrons. The molecule has 4 heteroatoms. The van der Waals surface area contributed by atoms with Gasteiger partial charge in [-0.2, -0.15) is 0 Å². The van der Waals surface area contributed by atoms with Gasteiger partial charge in [-0.3, -0.25) is 0 Å². The van der Waals surface area contributed by atoms with Gasteiger partial charge in [-0.15, -0.1) is 5.10 Å². The molecule has 1 unspecified atom stereocenters. The Bertz CT molecular complexity index is 507. The fourth-order valence-electron chi connectivity index (χ4n) is 2.27. The van der Waals surface area contributed by atoms with Gasteiger partial charge in [0.05, 0.1) is 10.6 Å². The molecule has 0 saturated heterocycles. The minimum absolute atomic E-state index is 0.315. The molecule has 0 bridgehead atoms. The van der Waals surface area contributed by atoms with Gasteiger partial charge in [-0.1, -0.05) is 55.6 Å². The minimum atomic E-state index is 0.315. The minimum Gasteiger partial charge on any atom is -0.309 e. The van der Waals surface area contributed by atoms with Crippen molar-refractivity contribution >= 4 is 11.5 Å². The number of rotatable bonds is 7. The molecule has 0 spiro atoms. The van der Waals surface area contributed by atoms with Crippen LogP contribution in [0.2, 0.25) is 0 Å². The van der Waals surface area contributed by atoms with Crippen molar-refractivity contribution in [3.63, 3.8) is 0 Å². The zero-order valence-corrected chi connectivity index (χ0v) is 13.3. The number of hydrogen-bond donors (Lipinski definition) is 1. The van der Waals surface area contributed by atoms with Gasteiger partial charge in [-0.25, -0.2) is 0 Å². The maximum atomic E-state index is 4.31. The summed E-state index contributed by atoms with van der Waals surface area (Å²) in [6.07, 6.45) is 2.12. The zero-order chi connectivity index (χ0) is 14.4. The normalized spacial score (nSPS) is 12.8. The molecule has 0 aliphatic carbocycles. The average molecular weight is 289 g/mol. The summed E-state index contributed by atoms with van der Waals surface area (Å²) in [5.41, 5.74) is 2.49. The topological polar surface area (TPSA) is 37.8 Å². The third-order valence-electron chi connectivity index (χ3n) is 3.33. The number of nitrogens with one attached hydrogen (secondary N) is 1. The maximum Gasteiger partial charge on any atom is 0.0829 e. The first-order valence-corrected chi connectivity index (χ1v) is 8.09. The molecule has 0 fully saturated rings. The van der Waals surface area contributed by atoms with E-state index in [9.17, 15) is 0 Å². The Balaban J connectivity index is 2.20. The van der Waals surface area contributed by atoms with E-state index in [4.69, 9.17) is 0 Å². The van der Waals surface area contributed by atoms with Gasteiger partial charge < -0.3 is 5.32 Å². The van der Waals surface area contributed by atoms with Crippen LogP contribution in [0.15, 0.2) is 30.3 Å². The Morgan fingerprint density at radius 1 is 1.20 bits per heavy atom. The average Bonchev–Trinajstić information content (AvgIpc) is 2.94. The lowest BCUT2D eigenvalue weighted by molar-refractivity contribution is 0.529. The number of aromatic nitrogens is 2. The largest absolute Gasteiger partial charge is 0.309 e. The summed E-state index contributed by atoms with van der Waals surface area (Å²) < 4.78 is 4.17. The van der Waals surface area contributed by atoms with E-state index in [1.54, 1.807) is 0 Å². The van der Waals surface area contributed by atoms with Gasteiger partial charge in [0.1, 0.15) is 0 Å². The molecule has 108 valence electrons. The summed E-state index contributed by atoms with van der Waals surface area (Å²) in [4.78, 5) is 1.29. The second-order valence-electron chi connectivity index (χ2n) is 5.37. The first-order chi connectivity index (χ1) is 9.72. The molecule has 1 aromatic carbocycles. The smallest absolute Gasteiger partial charge is 0.0829 e. The van der Waals surface area contributed by atoms with Crippen molar-refractivity contribution < 1.29 is 0 Å². The lowest BCUT2D eigenvalue weighted by Crippen LogP contribution is -2.24. The van der Waals surface area contributed by atoms with Crippen molar-refractivity contribution in [2.75, 3.05) is 6.54 Å². The zero-order valence-electron chi connectivity index (χ0n) is 12.5. The molecule has 0 amide bonds. The van der Waals surface area contributed by atoms with Crippen molar-refractivity contribution in [3.05, 3.63) is 46.5 Å². The van der Waals surface area contributed by atoms with Crippen LogP contribution in [0, 0.1) is 0 Å². The van der Waals surface area contributed by atoms with Crippen molar-refractivity contribution in [3.8, 4) is 0 Å². The summed E-state index contributed by atoms with van der Waals surface area (Å²) in [7, 11) is 0. The molecule has 2 aromatic rings. The fourth-order valence-corrected chi connectivity index (χ4v) is 3.15. The molecule has 0 saturated carbocycles. The van der Waals surface area contributed by atoms with Crippen LogP contribution < -0.4 is 5.32 Å². The third kappa shape index (κ3) is 3.87. The van der Waals surface area contributed by atoms with Gasteiger partial charge in [0.15, 0.2) is 0 Å². The quantitative estimate of drug-likeness (QED) is 0.839. The van der Waals surface area contributed by atoms with E-state index in [2.05, 4.69) is 66.0 Å². The van der Waals surface area contributed by atoms with Gasteiger partial charge in [0, 0.05) is 6.04 Å². The van der Waals surface area contributed by atoms with E-state index < -0.39 is 0 Å². The molecular weight excluding hydrogens is 266 g/mol. The summed E-state index contributed by atoms with van der Waals surface area (Å²) in [5.74, 6) is 0.422. The first kappa shape index (κ1) is 15.1. The molecule has 1 N–H and O–H groups in total. The maximum absolute atomic E-state index is 4.31. The summed E-state index contributed by atoms with van der Waals surface area (Å²) in [6, 6.07) is 10.9. The molecular formula is C16H23N3S. The highest BCUT2D eigenvalue weighted by Crippen LogP contribution is 2.28.